The first-order valence-electron chi connectivity index (χ1n) is 4.47. The van der Waals surface area contributed by atoms with Gasteiger partial charge in [-0.05, 0) is 19.3 Å². The standard InChI is InChI=1S/C9H12N2O/c10-5-7-3-4-11(6-9(7)12)8-1-2-8/h7-8H,1-4,6H2. The Morgan fingerprint density at radius 3 is 2.67 bits per heavy atom. The summed E-state index contributed by atoms with van der Waals surface area (Å²) in [5, 5.41) is 8.61. The molecule has 1 heterocycles. The van der Waals surface area contributed by atoms with E-state index in [9.17, 15) is 4.79 Å². The summed E-state index contributed by atoms with van der Waals surface area (Å²) in [5.74, 6) is -0.198. The maximum atomic E-state index is 11.3. The van der Waals surface area contributed by atoms with Gasteiger partial charge in [0.15, 0.2) is 5.78 Å². The number of nitrogens with zero attached hydrogens (tertiary/aromatic N) is 2. The smallest absolute Gasteiger partial charge is 0.163 e. The highest BCUT2D eigenvalue weighted by Crippen LogP contribution is 2.29. The van der Waals surface area contributed by atoms with Crippen LogP contribution in [0.1, 0.15) is 19.3 Å². The molecule has 1 saturated heterocycles. The van der Waals surface area contributed by atoms with Crippen LogP contribution in [0.5, 0.6) is 0 Å². The van der Waals surface area contributed by atoms with Crippen LogP contribution in [0.15, 0.2) is 0 Å². The van der Waals surface area contributed by atoms with E-state index in [1.54, 1.807) is 0 Å². The minimum Gasteiger partial charge on any atom is -0.297 e. The molecular weight excluding hydrogens is 152 g/mol. The highest BCUT2D eigenvalue weighted by atomic mass is 16.1. The van der Waals surface area contributed by atoms with Crippen molar-refractivity contribution in [2.24, 2.45) is 5.92 Å². The second-order valence-corrected chi connectivity index (χ2v) is 3.64. The van der Waals surface area contributed by atoms with Crippen molar-refractivity contribution in [3.8, 4) is 6.07 Å². The van der Waals surface area contributed by atoms with Gasteiger partial charge >= 0.3 is 0 Å². The van der Waals surface area contributed by atoms with Crippen LogP contribution in [-0.4, -0.2) is 29.8 Å². The van der Waals surface area contributed by atoms with Gasteiger partial charge in [-0.15, -0.1) is 0 Å². The number of likely N-dealkylation sites (tertiary alicyclic amines) is 1. The summed E-state index contributed by atoms with van der Waals surface area (Å²) in [7, 11) is 0. The number of nitriles is 1. The number of rotatable bonds is 1. The molecule has 1 aliphatic carbocycles. The van der Waals surface area contributed by atoms with Crippen molar-refractivity contribution in [2.45, 2.75) is 25.3 Å². The van der Waals surface area contributed by atoms with Crippen molar-refractivity contribution in [1.29, 1.82) is 5.26 Å². The van der Waals surface area contributed by atoms with Crippen molar-refractivity contribution < 1.29 is 4.79 Å². The minimum atomic E-state index is -0.319. The first kappa shape index (κ1) is 7.75. The van der Waals surface area contributed by atoms with Crippen LogP contribution in [-0.2, 0) is 4.79 Å². The highest BCUT2D eigenvalue weighted by molar-refractivity contribution is 5.85. The zero-order valence-corrected chi connectivity index (χ0v) is 6.99. The zero-order chi connectivity index (χ0) is 8.55. The topological polar surface area (TPSA) is 44.1 Å². The second kappa shape index (κ2) is 2.87. The van der Waals surface area contributed by atoms with Crippen molar-refractivity contribution in [3.63, 3.8) is 0 Å². The lowest BCUT2D eigenvalue weighted by Gasteiger charge is -2.27. The molecule has 0 radical (unpaired) electrons. The molecule has 64 valence electrons. The molecule has 1 saturated carbocycles. The Kier molecular flexibility index (Phi) is 1.86. The molecule has 0 N–H and O–H groups in total. The average molecular weight is 164 g/mol. The second-order valence-electron chi connectivity index (χ2n) is 3.64. The predicted molar refractivity (Wildman–Crippen MR) is 43.3 cm³/mol. The summed E-state index contributed by atoms with van der Waals surface area (Å²) in [6.45, 7) is 1.46. The van der Waals surface area contributed by atoms with E-state index in [2.05, 4.69) is 11.0 Å². The van der Waals surface area contributed by atoms with E-state index in [-0.39, 0.29) is 11.7 Å². The normalized spacial score (nSPS) is 31.6. The maximum absolute atomic E-state index is 11.3. The van der Waals surface area contributed by atoms with Gasteiger partial charge in [-0.2, -0.15) is 5.26 Å². The lowest BCUT2D eigenvalue weighted by molar-refractivity contribution is -0.125. The Hall–Kier alpha value is -0.880. The highest BCUT2D eigenvalue weighted by Gasteiger charge is 2.35. The molecule has 1 aliphatic heterocycles. The van der Waals surface area contributed by atoms with Gasteiger partial charge in [-0.3, -0.25) is 9.69 Å². The number of Topliss-reactive ketones (excluding diaryl/α,β-unsaturated/α-hetero) is 1. The first-order chi connectivity index (χ1) is 5.81. The quantitative estimate of drug-likeness (QED) is 0.569. The molecule has 2 rings (SSSR count). The molecule has 3 nitrogen and oxygen atoms in total. The third kappa shape index (κ3) is 1.35. The van der Waals surface area contributed by atoms with E-state index in [0.29, 0.717) is 12.6 Å². The van der Waals surface area contributed by atoms with Crippen LogP contribution in [0, 0.1) is 17.2 Å². The molecule has 3 heteroatoms. The number of hydrogen-bond donors (Lipinski definition) is 0. The molecule has 0 spiro atoms. The number of piperidine rings is 1. The van der Waals surface area contributed by atoms with Crippen molar-refractivity contribution >= 4 is 5.78 Å². The van der Waals surface area contributed by atoms with E-state index in [1.165, 1.54) is 12.8 Å². The van der Waals surface area contributed by atoms with Gasteiger partial charge in [0.1, 0.15) is 5.92 Å². The number of hydrogen-bond acceptors (Lipinski definition) is 3. The van der Waals surface area contributed by atoms with Gasteiger partial charge in [0.2, 0.25) is 0 Å². The van der Waals surface area contributed by atoms with Crippen molar-refractivity contribution in [1.82, 2.24) is 4.90 Å². The van der Waals surface area contributed by atoms with Gasteiger partial charge in [0.05, 0.1) is 12.6 Å². The van der Waals surface area contributed by atoms with E-state index < -0.39 is 0 Å². The van der Waals surface area contributed by atoms with Gasteiger partial charge in [0, 0.05) is 12.6 Å². The van der Waals surface area contributed by atoms with E-state index >= 15 is 0 Å². The molecule has 12 heavy (non-hydrogen) atoms. The largest absolute Gasteiger partial charge is 0.297 e. The lowest BCUT2D eigenvalue weighted by Crippen LogP contribution is -2.41. The molecular formula is C9H12N2O. The predicted octanol–water partition coefficient (Wildman–Crippen LogP) is 0.563. The Morgan fingerprint density at radius 1 is 1.42 bits per heavy atom. The van der Waals surface area contributed by atoms with Gasteiger partial charge < -0.3 is 0 Å². The summed E-state index contributed by atoms with van der Waals surface area (Å²) >= 11 is 0. The van der Waals surface area contributed by atoms with Crippen molar-refractivity contribution in [2.75, 3.05) is 13.1 Å². The summed E-state index contributed by atoms with van der Waals surface area (Å²) < 4.78 is 0. The van der Waals surface area contributed by atoms with Crippen LogP contribution in [0.25, 0.3) is 0 Å². The maximum Gasteiger partial charge on any atom is 0.163 e. The van der Waals surface area contributed by atoms with Crippen molar-refractivity contribution in [3.05, 3.63) is 0 Å². The van der Waals surface area contributed by atoms with Crippen LogP contribution in [0.2, 0.25) is 0 Å². The van der Waals surface area contributed by atoms with E-state index in [0.717, 1.165) is 13.0 Å². The lowest BCUT2D eigenvalue weighted by atomic mass is 9.97. The Balaban J connectivity index is 1.94. The first-order valence-corrected chi connectivity index (χ1v) is 4.47. The Morgan fingerprint density at radius 2 is 2.17 bits per heavy atom. The summed E-state index contributed by atoms with van der Waals surface area (Å²) in [4.78, 5) is 13.5. The molecule has 2 aliphatic rings. The average Bonchev–Trinajstić information content (AvgIpc) is 2.86. The fourth-order valence-electron chi connectivity index (χ4n) is 1.73. The third-order valence-corrected chi connectivity index (χ3v) is 2.67. The molecule has 1 unspecified atom stereocenters. The minimum absolute atomic E-state index is 0.121. The fourth-order valence-corrected chi connectivity index (χ4v) is 1.73. The molecule has 1 atom stereocenters. The van der Waals surface area contributed by atoms with Gasteiger partial charge in [-0.1, -0.05) is 0 Å². The molecule has 0 aromatic heterocycles. The van der Waals surface area contributed by atoms with Crippen LogP contribution in [0.4, 0.5) is 0 Å². The Labute approximate surface area is 72.0 Å². The summed E-state index contributed by atoms with van der Waals surface area (Å²) in [6.07, 6.45) is 3.22. The number of carbonyl (C=O) groups is 1. The van der Waals surface area contributed by atoms with Gasteiger partial charge in [0.25, 0.3) is 0 Å². The number of carbonyl (C=O) groups excluding carboxylic acids is 1. The third-order valence-electron chi connectivity index (χ3n) is 2.67. The van der Waals surface area contributed by atoms with Gasteiger partial charge in [-0.25, -0.2) is 0 Å². The Bertz CT molecular complexity index is 239. The molecule has 0 aromatic rings. The summed E-state index contributed by atoms with van der Waals surface area (Å²) in [6, 6.07) is 2.72. The zero-order valence-electron chi connectivity index (χ0n) is 6.99. The molecule has 2 fully saturated rings. The van der Waals surface area contributed by atoms with E-state index in [1.807, 2.05) is 0 Å². The van der Waals surface area contributed by atoms with Crippen LogP contribution in [0.3, 0.4) is 0 Å². The molecule has 0 aromatic carbocycles. The van der Waals surface area contributed by atoms with Crippen LogP contribution >= 0.6 is 0 Å². The number of ketones is 1. The monoisotopic (exact) mass is 164 g/mol. The van der Waals surface area contributed by atoms with E-state index in [4.69, 9.17) is 5.26 Å². The molecule has 0 bridgehead atoms. The summed E-state index contributed by atoms with van der Waals surface area (Å²) in [5.41, 5.74) is 0. The fraction of sp³-hybridized carbons (Fsp3) is 0.778. The molecule has 0 amide bonds. The van der Waals surface area contributed by atoms with Crippen LogP contribution < -0.4 is 0 Å². The SMILES string of the molecule is N#CC1CCN(C2CC2)CC1=O.